The predicted octanol–water partition coefficient (Wildman–Crippen LogP) is 12.1. The minimum absolute atomic E-state index is 0.953. The number of benzene rings is 6. The quantitative estimate of drug-likeness (QED) is 0.188. The van der Waals surface area contributed by atoms with E-state index >= 15 is 0 Å². The molecule has 1 aliphatic carbocycles. The number of nitrogens with zero attached hydrogens (tertiary/aromatic N) is 1. The van der Waals surface area contributed by atoms with Crippen LogP contribution in [0, 0.1) is 13.8 Å². The standard InChI is InChI=1S/C46H38N2/c1-5-10-33(26-47)31-17-16-28(3)41(22-31)37-12-7-13-38(29(37)4)44-25-45-43-23-32-19-18-30(34-11-9-20-48-27-34)21-35(32)24-42(43)40-15-8-14-39(46(40)45)36(44)6-2/h5,7-27H,6,47H2,1-4H3/b10-5-,33-26+. The zero-order chi connectivity index (χ0) is 32.9. The van der Waals surface area contributed by atoms with E-state index < -0.39 is 0 Å². The summed E-state index contributed by atoms with van der Waals surface area (Å²) in [4.78, 5) is 4.35. The lowest BCUT2D eigenvalue weighted by Gasteiger charge is -2.19. The molecule has 0 aliphatic heterocycles. The van der Waals surface area contributed by atoms with E-state index in [0.29, 0.717) is 0 Å². The number of fused-ring (bicyclic) bond motifs is 4. The summed E-state index contributed by atoms with van der Waals surface area (Å²) in [5.41, 5.74) is 24.8. The third kappa shape index (κ3) is 4.67. The van der Waals surface area contributed by atoms with Gasteiger partial charge in [0, 0.05) is 24.2 Å². The van der Waals surface area contributed by atoms with Crippen molar-refractivity contribution in [3.05, 3.63) is 156 Å². The van der Waals surface area contributed by atoms with Gasteiger partial charge in [0.25, 0.3) is 0 Å². The smallest absolute Gasteiger partial charge is 0.0346 e. The van der Waals surface area contributed by atoms with Crippen LogP contribution in [0.4, 0.5) is 0 Å². The molecular weight excluding hydrogens is 581 g/mol. The SMILES string of the molecule is C/C=C\C(=C/N)c1ccc(C)c(-c2cccc(-c3cc4c5c(cccc5c3CC)-c3cc5cc(-c6cccnc6)ccc5cc3-4)c2C)c1. The van der Waals surface area contributed by atoms with Crippen molar-refractivity contribution in [3.8, 4) is 55.6 Å². The fourth-order valence-electron chi connectivity index (χ4n) is 7.80. The van der Waals surface area contributed by atoms with Crippen molar-refractivity contribution >= 4 is 27.1 Å². The molecule has 0 fully saturated rings. The molecule has 48 heavy (non-hydrogen) atoms. The topological polar surface area (TPSA) is 38.9 Å². The molecule has 6 aromatic carbocycles. The van der Waals surface area contributed by atoms with E-state index in [1.165, 1.54) is 88.3 Å². The van der Waals surface area contributed by atoms with Gasteiger partial charge in [-0.15, -0.1) is 0 Å². The van der Waals surface area contributed by atoms with E-state index in [9.17, 15) is 0 Å². The summed E-state index contributed by atoms with van der Waals surface area (Å²) in [5.74, 6) is 0. The van der Waals surface area contributed by atoms with Gasteiger partial charge in [-0.2, -0.15) is 0 Å². The van der Waals surface area contributed by atoms with Crippen molar-refractivity contribution in [1.82, 2.24) is 4.98 Å². The summed E-state index contributed by atoms with van der Waals surface area (Å²) < 4.78 is 0. The highest BCUT2D eigenvalue weighted by molar-refractivity contribution is 6.19. The second-order valence-corrected chi connectivity index (χ2v) is 12.9. The van der Waals surface area contributed by atoms with Gasteiger partial charge in [0.15, 0.2) is 0 Å². The van der Waals surface area contributed by atoms with Gasteiger partial charge in [-0.25, -0.2) is 0 Å². The molecular formula is C46H38N2. The van der Waals surface area contributed by atoms with Crippen LogP contribution in [0.25, 0.3) is 82.8 Å². The summed E-state index contributed by atoms with van der Waals surface area (Å²) in [6, 6.07) is 38.5. The van der Waals surface area contributed by atoms with E-state index in [-0.39, 0.29) is 0 Å². The van der Waals surface area contributed by atoms with Crippen molar-refractivity contribution in [1.29, 1.82) is 0 Å². The van der Waals surface area contributed by atoms with Crippen molar-refractivity contribution in [3.63, 3.8) is 0 Å². The lowest BCUT2D eigenvalue weighted by Crippen LogP contribution is -1.97. The molecule has 232 valence electrons. The number of hydrogen-bond acceptors (Lipinski definition) is 2. The van der Waals surface area contributed by atoms with Crippen LogP contribution in [0.2, 0.25) is 0 Å². The summed E-state index contributed by atoms with van der Waals surface area (Å²) >= 11 is 0. The van der Waals surface area contributed by atoms with Crippen molar-refractivity contribution < 1.29 is 0 Å². The second-order valence-electron chi connectivity index (χ2n) is 12.9. The van der Waals surface area contributed by atoms with E-state index in [1.807, 2.05) is 31.5 Å². The fraction of sp³-hybridized carbons (Fsp3) is 0.109. The van der Waals surface area contributed by atoms with Crippen LogP contribution in [0.15, 0.2) is 134 Å². The Bertz CT molecular complexity index is 2460. The molecule has 2 N–H and O–H groups in total. The van der Waals surface area contributed by atoms with Crippen LogP contribution in [0.5, 0.6) is 0 Å². The molecule has 0 unspecified atom stereocenters. The molecule has 0 spiro atoms. The Morgan fingerprint density at radius 3 is 2.21 bits per heavy atom. The maximum Gasteiger partial charge on any atom is 0.0346 e. The van der Waals surface area contributed by atoms with Gasteiger partial charge < -0.3 is 5.73 Å². The molecule has 8 rings (SSSR count). The van der Waals surface area contributed by atoms with E-state index in [1.54, 1.807) is 6.20 Å². The van der Waals surface area contributed by atoms with Gasteiger partial charge in [0.1, 0.15) is 0 Å². The zero-order valence-electron chi connectivity index (χ0n) is 27.9. The molecule has 0 atom stereocenters. The van der Waals surface area contributed by atoms with E-state index in [0.717, 1.165) is 23.1 Å². The van der Waals surface area contributed by atoms with Gasteiger partial charge in [0.05, 0.1) is 0 Å². The third-order valence-corrected chi connectivity index (χ3v) is 10.2. The maximum atomic E-state index is 6.04. The fourth-order valence-corrected chi connectivity index (χ4v) is 7.80. The molecule has 0 saturated heterocycles. The Balaban J connectivity index is 1.32. The highest BCUT2D eigenvalue weighted by Crippen LogP contribution is 2.52. The molecule has 2 nitrogen and oxygen atoms in total. The summed E-state index contributed by atoms with van der Waals surface area (Å²) in [5, 5.41) is 5.23. The number of hydrogen-bond donors (Lipinski definition) is 1. The average Bonchev–Trinajstić information content (AvgIpc) is 3.43. The van der Waals surface area contributed by atoms with Crippen LogP contribution in [-0.2, 0) is 6.42 Å². The monoisotopic (exact) mass is 618 g/mol. The van der Waals surface area contributed by atoms with Crippen molar-refractivity contribution in [2.75, 3.05) is 0 Å². The van der Waals surface area contributed by atoms with Gasteiger partial charge in [0.2, 0.25) is 0 Å². The largest absolute Gasteiger partial charge is 0.404 e. The third-order valence-electron chi connectivity index (χ3n) is 10.2. The average molecular weight is 619 g/mol. The number of pyridine rings is 1. The van der Waals surface area contributed by atoms with Crippen LogP contribution < -0.4 is 5.73 Å². The zero-order valence-corrected chi connectivity index (χ0v) is 27.9. The first-order valence-electron chi connectivity index (χ1n) is 16.8. The summed E-state index contributed by atoms with van der Waals surface area (Å²) in [7, 11) is 0. The molecule has 7 aromatic rings. The minimum atomic E-state index is 0.953. The van der Waals surface area contributed by atoms with E-state index in [4.69, 9.17) is 5.73 Å². The minimum Gasteiger partial charge on any atom is -0.404 e. The molecule has 0 radical (unpaired) electrons. The van der Waals surface area contributed by atoms with E-state index in [2.05, 4.69) is 129 Å². The van der Waals surface area contributed by atoms with Crippen molar-refractivity contribution in [2.45, 2.75) is 34.1 Å². The van der Waals surface area contributed by atoms with Gasteiger partial charge in [-0.3, -0.25) is 4.98 Å². The van der Waals surface area contributed by atoms with Crippen LogP contribution in [-0.4, -0.2) is 4.98 Å². The van der Waals surface area contributed by atoms with Gasteiger partial charge in [-0.1, -0.05) is 85.8 Å². The Morgan fingerprint density at radius 1 is 0.667 bits per heavy atom. The highest BCUT2D eigenvalue weighted by Gasteiger charge is 2.26. The van der Waals surface area contributed by atoms with Crippen molar-refractivity contribution in [2.24, 2.45) is 5.73 Å². The molecule has 1 aliphatic rings. The number of rotatable bonds is 6. The Labute approximate surface area is 282 Å². The molecule has 0 amide bonds. The normalized spacial score (nSPS) is 12.4. The predicted molar refractivity (Wildman–Crippen MR) is 206 cm³/mol. The first-order chi connectivity index (χ1) is 23.5. The van der Waals surface area contributed by atoms with Crippen LogP contribution in [0.3, 0.4) is 0 Å². The molecule has 0 bridgehead atoms. The lowest BCUT2D eigenvalue weighted by molar-refractivity contribution is 1.16. The first kappa shape index (κ1) is 29.7. The Hall–Kier alpha value is -5.73. The molecule has 2 heteroatoms. The number of nitrogens with two attached hydrogens (primary N) is 1. The van der Waals surface area contributed by atoms with Crippen LogP contribution >= 0.6 is 0 Å². The summed E-state index contributed by atoms with van der Waals surface area (Å²) in [6.07, 6.45) is 10.5. The van der Waals surface area contributed by atoms with Gasteiger partial charge in [-0.05, 0) is 163 Å². The van der Waals surface area contributed by atoms with Crippen LogP contribution in [0.1, 0.15) is 36.1 Å². The molecule has 1 heterocycles. The number of aromatic nitrogens is 1. The Morgan fingerprint density at radius 2 is 1.44 bits per heavy atom. The lowest BCUT2D eigenvalue weighted by atomic mass is 9.85. The van der Waals surface area contributed by atoms with Gasteiger partial charge >= 0.3 is 0 Å². The summed E-state index contributed by atoms with van der Waals surface area (Å²) in [6.45, 7) is 8.79. The number of aryl methyl sites for hydroxylation is 2. The molecule has 1 aromatic heterocycles. The maximum absolute atomic E-state index is 6.04. The number of allylic oxidation sites excluding steroid dienone is 3. The second kappa shape index (κ2) is 11.8. The Kier molecular flexibility index (Phi) is 7.30. The highest BCUT2D eigenvalue weighted by atomic mass is 14.6. The first-order valence-corrected chi connectivity index (χ1v) is 16.8. The molecule has 0 saturated carbocycles.